The molecule has 1 unspecified atom stereocenters. The van der Waals surface area contributed by atoms with Crippen LogP contribution in [0.1, 0.15) is 12.7 Å². The van der Waals surface area contributed by atoms with E-state index in [-0.39, 0.29) is 16.8 Å². The van der Waals surface area contributed by atoms with Crippen LogP contribution >= 0.6 is 11.8 Å². The maximum absolute atomic E-state index is 12.0. The lowest BCUT2D eigenvalue weighted by atomic mass is 10.3. The Labute approximate surface area is 125 Å². The molecule has 2 rings (SSSR count). The Morgan fingerprint density at radius 2 is 2.10 bits per heavy atom. The molecular formula is C14H14N2O4S. The number of benzene rings is 1. The quantitative estimate of drug-likeness (QED) is 0.652. The first-order valence-corrected chi connectivity index (χ1v) is 7.30. The zero-order valence-corrected chi connectivity index (χ0v) is 12.1. The first-order chi connectivity index (χ1) is 10.1. The molecule has 2 aromatic rings. The summed E-state index contributed by atoms with van der Waals surface area (Å²) < 4.78 is 5.20. The average molecular weight is 306 g/mol. The number of carbonyl (C=O) groups is 1. The number of furan rings is 1. The first kappa shape index (κ1) is 15.1. The molecule has 1 aromatic heterocycles. The third kappa shape index (κ3) is 4.35. The minimum absolute atomic E-state index is 0.00626. The molecule has 110 valence electrons. The van der Waals surface area contributed by atoms with Crippen LogP contribution in [0.15, 0.2) is 47.1 Å². The number of carbonyl (C=O) groups excluding carboxylic acids is 1. The lowest BCUT2D eigenvalue weighted by molar-refractivity contribution is -0.384. The molecule has 0 spiro atoms. The Morgan fingerprint density at radius 3 is 2.67 bits per heavy atom. The van der Waals surface area contributed by atoms with Gasteiger partial charge in [0, 0.05) is 17.8 Å². The van der Waals surface area contributed by atoms with E-state index in [9.17, 15) is 14.9 Å². The van der Waals surface area contributed by atoms with E-state index >= 15 is 0 Å². The Hall–Kier alpha value is -2.28. The maximum Gasteiger partial charge on any atom is 0.269 e. The fourth-order valence-electron chi connectivity index (χ4n) is 1.59. The molecule has 1 N–H and O–H groups in total. The van der Waals surface area contributed by atoms with Crippen molar-refractivity contribution in [2.24, 2.45) is 0 Å². The number of nitro benzene ring substituents is 1. The van der Waals surface area contributed by atoms with E-state index in [4.69, 9.17) is 4.42 Å². The predicted octanol–water partition coefficient (Wildman–Crippen LogP) is 3.45. The normalized spacial score (nSPS) is 11.9. The number of rotatable bonds is 6. The zero-order valence-electron chi connectivity index (χ0n) is 11.3. The highest BCUT2D eigenvalue weighted by molar-refractivity contribution is 7.99. The second-order valence-electron chi connectivity index (χ2n) is 4.33. The number of hydrogen-bond acceptors (Lipinski definition) is 5. The van der Waals surface area contributed by atoms with Gasteiger partial charge in [0.25, 0.3) is 5.69 Å². The van der Waals surface area contributed by atoms with Gasteiger partial charge < -0.3 is 9.73 Å². The van der Waals surface area contributed by atoms with Crippen molar-refractivity contribution < 1.29 is 14.1 Å². The summed E-state index contributed by atoms with van der Waals surface area (Å²) in [5, 5.41) is 13.0. The Bertz CT molecular complexity index is 610. The van der Waals surface area contributed by atoms with Gasteiger partial charge in [0.1, 0.15) is 5.76 Å². The highest BCUT2D eigenvalue weighted by Gasteiger charge is 2.15. The van der Waals surface area contributed by atoms with E-state index in [0.29, 0.717) is 11.4 Å². The van der Waals surface area contributed by atoms with Crippen molar-refractivity contribution in [3.63, 3.8) is 0 Å². The summed E-state index contributed by atoms with van der Waals surface area (Å²) >= 11 is 1.46. The second-order valence-corrected chi connectivity index (χ2v) is 5.65. The average Bonchev–Trinajstić information content (AvgIpc) is 2.98. The third-order valence-corrected chi connectivity index (χ3v) is 3.94. The standard InChI is InChI=1S/C14H14N2O4S/c1-10(21-9-13-3-2-8-20-13)14(17)15-11-4-6-12(7-5-11)16(18)19/h2-8,10H,9H2,1H3,(H,15,17). The number of nitro groups is 1. The Kier molecular flexibility index (Phi) is 4.99. The van der Waals surface area contributed by atoms with Crippen LogP contribution in [0.2, 0.25) is 0 Å². The topological polar surface area (TPSA) is 85.4 Å². The highest BCUT2D eigenvalue weighted by Crippen LogP contribution is 2.20. The van der Waals surface area contributed by atoms with E-state index in [0.717, 1.165) is 5.76 Å². The van der Waals surface area contributed by atoms with Crippen LogP contribution < -0.4 is 5.32 Å². The Balaban J connectivity index is 1.86. The van der Waals surface area contributed by atoms with E-state index in [2.05, 4.69) is 5.32 Å². The molecule has 0 fully saturated rings. The third-order valence-electron chi connectivity index (χ3n) is 2.77. The number of anilines is 1. The van der Waals surface area contributed by atoms with Crippen LogP contribution in [0.4, 0.5) is 11.4 Å². The first-order valence-electron chi connectivity index (χ1n) is 6.25. The number of amides is 1. The van der Waals surface area contributed by atoms with Gasteiger partial charge in [0.15, 0.2) is 0 Å². The lowest BCUT2D eigenvalue weighted by Crippen LogP contribution is -2.22. The highest BCUT2D eigenvalue weighted by atomic mass is 32.2. The summed E-state index contributed by atoms with van der Waals surface area (Å²) in [5.41, 5.74) is 0.532. The summed E-state index contributed by atoms with van der Waals surface area (Å²) in [6.45, 7) is 1.80. The number of hydrogen-bond donors (Lipinski definition) is 1. The lowest BCUT2D eigenvalue weighted by Gasteiger charge is -2.11. The number of non-ortho nitro benzene ring substituents is 1. The molecule has 1 amide bonds. The number of thioether (sulfide) groups is 1. The molecule has 0 aliphatic rings. The molecule has 1 heterocycles. The van der Waals surface area contributed by atoms with Gasteiger partial charge in [0.05, 0.1) is 22.2 Å². The van der Waals surface area contributed by atoms with Crippen LogP contribution in [-0.4, -0.2) is 16.1 Å². The van der Waals surface area contributed by atoms with Gasteiger partial charge in [0.2, 0.25) is 5.91 Å². The van der Waals surface area contributed by atoms with E-state index in [1.807, 2.05) is 6.07 Å². The van der Waals surface area contributed by atoms with Crippen molar-refractivity contribution in [3.8, 4) is 0 Å². The van der Waals surface area contributed by atoms with Gasteiger partial charge >= 0.3 is 0 Å². The van der Waals surface area contributed by atoms with Gasteiger partial charge in [-0.2, -0.15) is 0 Å². The minimum Gasteiger partial charge on any atom is -0.468 e. The maximum atomic E-state index is 12.0. The summed E-state index contributed by atoms with van der Waals surface area (Å²) in [7, 11) is 0. The summed E-state index contributed by atoms with van der Waals surface area (Å²) in [4.78, 5) is 22.1. The molecule has 0 saturated heterocycles. The molecule has 6 nitrogen and oxygen atoms in total. The molecule has 7 heteroatoms. The number of nitrogens with one attached hydrogen (secondary N) is 1. The van der Waals surface area contributed by atoms with Crippen LogP contribution in [0, 0.1) is 10.1 Å². The predicted molar refractivity (Wildman–Crippen MR) is 81.2 cm³/mol. The second kappa shape index (κ2) is 6.94. The van der Waals surface area contributed by atoms with Gasteiger partial charge in [-0.05, 0) is 31.2 Å². The SMILES string of the molecule is CC(SCc1ccco1)C(=O)Nc1ccc([N+](=O)[O-])cc1. The number of nitrogens with zero attached hydrogens (tertiary/aromatic N) is 1. The summed E-state index contributed by atoms with van der Waals surface area (Å²) in [6.07, 6.45) is 1.59. The van der Waals surface area contributed by atoms with Gasteiger partial charge in [-0.25, -0.2) is 0 Å². The van der Waals surface area contributed by atoms with Crippen LogP contribution in [0.5, 0.6) is 0 Å². The van der Waals surface area contributed by atoms with E-state index in [1.54, 1.807) is 19.3 Å². The van der Waals surface area contributed by atoms with Crippen LogP contribution in [0.3, 0.4) is 0 Å². The molecule has 0 bridgehead atoms. The van der Waals surface area contributed by atoms with Gasteiger partial charge in [-0.15, -0.1) is 11.8 Å². The minimum atomic E-state index is -0.479. The van der Waals surface area contributed by atoms with E-state index in [1.165, 1.54) is 36.0 Å². The van der Waals surface area contributed by atoms with Gasteiger partial charge in [-0.3, -0.25) is 14.9 Å². The van der Waals surface area contributed by atoms with Crippen LogP contribution in [-0.2, 0) is 10.5 Å². The zero-order chi connectivity index (χ0) is 15.2. The van der Waals surface area contributed by atoms with Crippen LogP contribution in [0.25, 0.3) is 0 Å². The van der Waals surface area contributed by atoms with Gasteiger partial charge in [-0.1, -0.05) is 0 Å². The largest absolute Gasteiger partial charge is 0.468 e. The molecular weight excluding hydrogens is 292 g/mol. The monoisotopic (exact) mass is 306 g/mol. The van der Waals surface area contributed by atoms with Crippen molar-refractivity contribution >= 4 is 29.0 Å². The fraction of sp³-hybridized carbons (Fsp3) is 0.214. The van der Waals surface area contributed by atoms with Crippen molar-refractivity contribution in [2.75, 3.05) is 5.32 Å². The van der Waals surface area contributed by atoms with Crippen molar-refractivity contribution in [1.29, 1.82) is 0 Å². The molecule has 21 heavy (non-hydrogen) atoms. The molecule has 0 aliphatic heterocycles. The molecule has 1 aromatic carbocycles. The summed E-state index contributed by atoms with van der Waals surface area (Å²) in [5.74, 6) is 1.28. The summed E-state index contributed by atoms with van der Waals surface area (Å²) in [6, 6.07) is 9.40. The molecule has 0 aliphatic carbocycles. The Morgan fingerprint density at radius 1 is 1.38 bits per heavy atom. The smallest absolute Gasteiger partial charge is 0.269 e. The van der Waals surface area contributed by atoms with Crippen molar-refractivity contribution in [1.82, 2.24) is 0 Å². The molecule has 1 atom stereocenters. The van der Waals surface area contributed by atoms with E-state index < -0.39 is 4.92 Å². The van der Waals surface area contributed by atoms with Crippen molar-refractivity contribution in [2.45, 2.75) is 17.9 Å². The molecule has 0 radical (unpaired) electrons. The van der Waals surface area contributed by atoms with Crippen molar-refractivity contribution in [3.05, 3.63) is 58.5 Å². The fourth-order valence-corrected chi connectivity index (χ4v) is 2.38. The molecule has 0 saturated carbocycles.